The average molecular weight is 683 g/mol. The first kappa shape index (κ1) is 35.5. The lowest BCUT2D eigenvalue weighted by Gasteiger charge is -2.33. The number of halogens is 3. The van der Waals surface area contributed by atoms with Gasteiger partial charge in [0.05, 0.1) is 34.1 Å². The van der Waals surface area contributed by atoms with Crippen molar-refractivity contribution in [2.75, 3.05) is 24.2 Å². The zero-order chi connectivity index (χ0) is 32.4. The molecule has 0 saturated heterocycles. The maximum Gasteiger partial charge on any atom is 0.243 e. The molecule has 3 aromatic rings. The van der Waals surface area contributed by atoms with Crippen LogP contribution in [0.1, 0.15) is 44.2 Å². The lowest BCUT2D eigenvalue weighted by atomic mass is 10.0. The van der Waals surface area contributed by atoms with Gasteiger partial charge in [-0.2, -0.15) is 0 Å². The van der Waals surface area contributed by atoms with Crippen molar-refractivity contribution < 1.29 is 22.7 Å². The summed E-state index contributed by atoms with van der Waals surface area (Å²) in [6, 6.07) is 18.3. The number of rotatable bonds is 15. The number of carbonyl (C=O) groups excluding carboxylic acids is 2. The number of hydrogen-bond acceptors (Lipinski definition) is 5. The van der Waals surface area contributed by atoms with Crippen LogP contribution in [-0.2, 0) is 32.6 Å². The molecular weight excluding hydrogens is 645 g/mol. The van der Waals surface area contributed by atoms with Crippen LogP contribution in [0.25, 0.3) is 0 Å². The normalized spacial score (nSPS) is 12.7. The molecule has 3 rings (SSSR count). The SMILES string of the molecule is CC[C@H](C)NC(=O)[C@H](Cc1ccccc1)N(Cc1ccc(Cl)c(Cl)c1)C(=O)CCCN(c1ccc(OC)c(Cl)c1)S(C)(=O)=O. The van der Waals surface area contributed by atoms with Gasteiger partial charge in [-0.15, -0.1) is 0 Å². The highest BCUT2D eigenvalue weighted by atomic mass is 35.5. The largest absolute Gasteiger partial charge is 0.495 e. The van der Waals surface area contributed by atoms with Gasteiger partial charge in [0.25, 0.3) is 0 Å². The van der Waals surface area contributed by atoms with E-state index >= 15 is 0 Å². The topological polar surface area (TPSA) is 96.0 Å². The molecule has 0 saturated carbocycles. The van der Waals surface area contributed by atoms with Crippen molar-refractivity contribution in [3.05, 3.63) is 92.9 Å². The minimum Gasteiger partial charge on any atom is -0.495 e. The Morgan fingerprint density at radius 2 is 1.64 bits per heavy atom. The first-order valence-electron chi connectivity index (χ1n) is 14.2. The van der Waals surface area contributed by atoms with Crippen LogP contribution in [0.5, 0.6) is 5.75 Å². The summed E-state index contributed by atoms with van der Waals surface area (Å²) < 4.78 is 31.8. The van der Waals surface area contributed by atoms with Crippen LogP contribution in [0.4, 0.5) is 5.69 Å². The molecule has 0 bridgehead atoms. The van der Waals surface area contributed by atoms with Crippen LogP contribution >= 0.6 is 34.8 Å². The van der Waals surface area contributed by atoms with Crippen LogP contribution in [0.15, 0.2) is 66.7 Å². The Bertz CT molecular complexity index is 1540. The Morgan fingerprint density at radius 1 is 0.932 bits per heavy atom. The van der Waals surface area contributed by atoms with Crippen molar-refractivity contribution in [3.8, 4) is 5.75 Å². The van der Waals surface area contributed by atoms with Gasteiger partial charge in [0.1, 0.15) is 11.8 Å². The second kappa shape index (κ2) is 16.4. The molecule has 0 heterocycles. The Labute approximate surface area is 275 Å². The molecule has 0 aliphatic heterocycles. The lowest BCUT2D eigenvalue weighted by molar-refractivity contribution is -0.141. The third-order valence-electron chi connectivity index (χ3n) is 7.18. The number of carbonyl (C=O) groups is 2. The van der Waals surface area contributed by atoms with Crippen LogP contribution in [-0.4, -0.2) is 57.1 Å². The fourth-order valence-corrected chi connectivity index (χ4v) is 6.17. The Morgan fingerprint density at radius 3 is 2.23 bits per heavy atom. The molecular formula is C32H38Cl3N3O5S. The summed E-state index contributed by atoms with van der Waals surface area (Å²) in [5.74, 6) is -0.170. The van der Waals surface area contributed by atoms with Crippen molar-refractivity contribution in [1.29, 1.82) is 0 Å². The summed E-state index contributed by atoms with van der Waals surface area (Å²) >= 11 is 18.7. The molecule has 12 heteroatoms. The summed E-state index contributed by atoms with van der Waals surface area (Å²) in [5, 5.41) is 4.01. The summed E-state index contributed by atoms with van der Waals surface area (Å²) in [7, 11) is -2.23. The average Bonchev–Trinajstić information content (AvgIpc) is 2.98. The Kier molecular flexibility index (Phi) is 13.2. The first-order valence-corrected chi connectivity index (χ1v) is 17.2. The predicted octanol–water partition coefficient (Wildman–Crippen LogP) is 6.76. The van der Waals surface area contributed by atoms with Crippen molar-refractivity contribution in [1.82, 2.24) is 10.2 Å². The number of benzene rings is 3. The molecule has 0 radical (unpaired) electrons. The predicted molar refractivity (Wildman–Crippen MR) is 178 cm³/mol. The number of sulfonamides is 1. The van der Waals surface area contributed by atoms with Crippen molar-refractivity contribution in [2.24, 2.45) is 0 Å². The molecule has 2 amide bonds. The number of ether oxygens (including phenoxy) is 1. The Balaban J connectivity index is 1.92. The maximum atomic E-state index is 14.0. The summed E-state index contributed by atoms with van der Waals surface area (Å²) in [4.78, 5) is 29.2. The molecule has 44 heavy (non-hydrogen) atoms. The third-order valence-corrected chi connectivity index (χ3v) is 9.41. The molecule has 0 aromatic heterocycles. The summed E-state index contributed by atoms with van der Waals surface area (Å²) in [5.41, 5.74) is 1.95. The number of nitrogens with one attached hydrogen (secondary N) is 1. The highest BCUT2D eigenvalue weighted by Gasteiger charge is 2.31. The zero-order valence-electron chi connectivity index (χ0n) is 25.2. The highest BCUT2D eigenvalue weighted by Crippen LogP contribution is 2.30. The van der Waals surface area contributed by atoms with Gasteiger partial charge in [0.2, 0.25) is 21.8 Å². The fraction of sp³-hybridized carbons (Fsp3) is 0.375. The number of methoxy groups -OCH3 is 1. The number of anilines is 1. The standard InChI is InChI=1S/C32H38Cl3N3O5S/c1-5-22(2)36-32(40)29(19-23-10-7-6-8-11-23)37(21-24-13-15-26(33)27(34)18-24)31(39)12-9-17-38(44(4,41)42)25-14-16-30(43-3)28(35)20-25/h6-8,10-11,13-16,18,20,22,29H,5,9,12,17,19,21H2,1-4H3,(H,36,40)/t22-,29-/m0/s1. The molecule has 0 fully saturated rings. The third kappa shape index (κ3) is 10.0. The van der Waals surface area contributed by atoms with E-state index in [1.54, 1.807) is 35.2 Å². The van der Waals surface area contributed by atoms with Gasteiger partial charge in [-0.3, -0.25) is 13.9 Å². The van der Waals surface area contributed by atoms with E-state index in [2.05, 4.69) is 5.32 Å². The van der Waals surface area contributed by atoms with Gasteiger partial charge in [-0.25, -0.2) is 8.42 Å². The second-order valence-electron chi connectivity index (χ2n) is 10.6. The van der Waals surface area contributed by atoms with Crippen molar-refractivity contribution >= 4 is 62.3 Å². The smallest absolute Gasteiger partial charge is 0.243 e. The fourth-order valence-electron chi connectivity index (χ4n) is 4.64. The van der Waals surface area contributed by atoms with Gasteiger partial charge in [-0.1, -0.05) is 78.1 Å². The van der Waals surface area contributed by atoms with Crippen LogP contribution in [0.2, 0.25) is 15.1 Å². The monoisotopic (exact) mass is 681 g/mol. The quantitative estimate of drug-likeness (QED) is 0.191. The number of nitrogens with zero attached hydrogens (tertiary/aromatic N) is 2. The number of amides is 2. The summed E-state index contributed by atoms with van der Waals surface area (Å²) in [6.07, 6.45) is 2.29. The van der Waals surface area contributed by atoms with Gasteiger partial charge in [0, 0.05) is 32.0 Å². The molecule has 2 atom stereocenters. The molecule has 3 aromatic carbocycles. The van der Waals surface area contributed by atoms with Gasteiger partial charge >= 0.3 is 0 Å². The van der Waals surface area contributed by atoms with E-state index in [0.717, 1.165) is 18.2 Å². The minimum atomic E-state index is -3.70. The lowest BCUT2D eigenvalue weighted by Crippen LogP contribution is -2.52. The van der Waals surface area contributed by atoms with Crippen LogP contribution in [0, 0.1) is 0 Å². The molecule has 0 spiro atoms. The van der Waals surface area contributed by atoms with E-state index < -0.39 is 16.1 Å². The van der Waals surface area contributed by atoms with Gasteiger partial charge < -0.3 is 15.0 Å². The van der Waals surface area contributed by atoms with Crippen molar-refractivity contribution in [2.45, 2.75) is 58.2 Å². The van der Waals surface area contributed by atoms with E-state index in [9.17, 15) is 18.0 Å². The zero-order valence-corrected chi connectivity index (χ0v) is 28.3. The maximum absolute atomic E-state index is 14.0. The van der Waals surface area contributed by atoms with E-state index in [4.69, 9.17) is 39.5 Å². The highest BCUT2D eigenvalue weighted by molar-refractivity contribution is 7.92. The number of hydrogen-bond donors (Lipinski definition) is 1. The molecule has 0 unspecified atom stereocenters. The Hall–Kier alpha value is -2.98. The molecule has 0 aliphatic carbocycles. The van der Waals surface area contributed by atoms with Crippen LogP contribution in [0.3, 0.4) is 0 Å². The van der Waals surface area contributed by atoms with Gasteiger partial charge in [-0.05, 0) is 61.2 Å². The van der Waals surface area contributed by atoms with E-state index in [1.165, 1.54) is 17.5 Å². The molecule has 8 nitrogen and oxygen atoms in total. The summed E-state index contributed by atoms with van der Waals surface area (Å²) in [6.45, 7) is 4.01. The minimum absolute atomic E-state index is 0.0148. The molecule has 1 N–H and O–H groups in total. The van der Waals surface area contributed by atoms with Gasteiger partial charge in [0.15, 0.2) is 0 Å². The van der Waals surface area contributed by atoms with E-state index in [0.29, 0.717) is 27.0 Å². The second-order valence-corrected chi connectivity index (χ2v) is 13.7. The molecule has 0 aliphatic rings. The van der Waals surface area contributed by atoms with Crippen LogP contribution < -0.4 is 14.4 Å². The van der Waals surface area contributed by atoms with E-state index in [1.807, 2.05) is 44.2 Å². The first-order chi connectivity index (χ1) is 20.8. The molecule has 238 valence electrons. The van der Waals surface area contributed by atoms with Crippen molar-refractivity contribution in [3.63, 3.8) is 0 Å². The van der Waals surface area contributed by atoms with E-state index in [-0.39, 0.29) is 55.2 Å².